The van der Waals surface area contributed by atoms with E-state index in [2.05, 4.69) is 5.32 Å². The second-order valence-corrected chi connectivity index (χ2v) is 12.2. The highest BCUT2D eigenvalue weighted by atomic mass is 35.5. The van der Waals surface area contributed by atoms with Gasteiger partial charge in [0, 0.05) is 12.6 Å². The predicted octanol–water partition coefficient (Wildman–Crippen LogP) is 6.19. The Labute approximate surface area is 249 Å². The fourth-order valence-electron chi connectivity index (χ4n) is 4.15. The van der Waals surface area contributed by atoms with Crippen molar-refractivity contribution in [3.63, 3.8) is 0 Å². The summed E-state index contributed by atoms with van der Waals surface area (Å²) in [4.78, 5) is 28.1. The molecule has 7 nitrogen and oxygen atoms in total. The first-order valence-electron chi connectivity index (χ1n) is 13.3. The van der Waals surface area contributed by atoms with E-state index in [1.54, 1.807) is 18.2 Å². The smallest absolute Gasteiger partial charge is 0.352 e. The molecule has 42 heavy (non-hydrogen) atoms. The van der Waals surface area contributed by atoms with E-state index in [4.69, 9.17) is 11.6 Å². The van der Waals surface area contributed by atoms with Crippen molar-refractivity contribution in [3.8, 4) is 0 Å². The molecule has 0 spiro atoms. The number of anilines is 1. The highest BCUT2D eigenvalue weighted by Gasteiger charge is 2.37. The molecule has 3 rings (SSSR count). The van der Waals surface area contributed by atoms with Gasteiger partial charge in [0.05, 0.1) is 21.2 Å². The number of carbonyl (C=O) groups excluding carboxylic acids is 2. The number of alkyl halides is 3. The third kappa shape index (κ3) is 7.83. The van der Waals surface area contributed by atoms with Gasteiger partial charge in [0.25, 0.3) is 10.0 Å². The number of amides is 2. The zero-order chi connectivity index (χ0) is 31.2. The second kappa shape index (κ2) is 13.6. The molecule has 3 aromatic rings. The molecule has 2 unspecified atom stereocenters. The minimum Gasteiger partial charge on any atom is -0.352 e. The van der Waals surface area contributed by atoms with Gasteiger partial charge in [-0.2, -0.15) is 13.2 Å². The molecule has 0 aliphatic rings. The summed E-state index contributed by atoms with van der Waals surface area (Å²) in [5.41, 5.74) is -0.0969. The van der Waals surface area contributed by atoms with Crippen molar-refractivity contribution < 1.29 is 31.2 Å². The van der Waals surface area contributed by atoms with Crippen LogP contribution in [0.3, 0.4) is 0 Å². The Morgan fingerprint density at radius 2 is 1.60 bits per heavy atom. The van der Waals surface area contributed by atoms with Crippen LogP contribution < -0.4 is 9.62 Å². The maximum atomic E-state index is 14.0. The number of nitrogens with one attached hydrogen (secondary N) is 1. The Morgan fingerprint density at radius 3 is 2.19 bits per heavy atom. The van der Waals surface area contributed by atoms with Gasteiger partial charge in [-0.3, -0.25) is 13.9 Å². The van der Waals surface area contributed by atoms with E-state index in [1.165, 1.54) is 36.1 Å². The lowest BCUT2D eigenvalue weighted by Gasteiger charge is -2.33. The lowest BCUT2D eigenvalue weighted by molar-refractivity contribution is -0.139. The quantitative estimate of drug-likeness (QED) is 0.276. The number of halogens is 4. The van der Waals surface area contributed by atoms with E-state index in [0.29, 0.717) is 16.8 Å². The molecule has 0 bridgehead atoms. The summed E-state index contributed by atoms with van der Waals surface area (Å²) < 4.78 is 69.4. The third-order valence-corrected chi connectivity index (χ3v) is 9.04. The Balaban J connectivity index is 2.11. The number of rotatable bonds is 11. The molecule has 0 aromatic heterocycles. The normalized spacial score (nSPS) is 13.2. The number of aryl methyl sites for hydroxylation is 1. The molecule has 0 saturated carbocycles. The molecule has 3 aromatic carbocycles. The zero-order valence-electron chi connectivity index (χ0n) is 23.7. The van der Waals surface area contributed by atoms with E-state index in [1.807, 2.05) is 32.9 Å². The van der Waals surface area contributed by atoms with E-state index in [9.17, 15) is 31.2 Å². The molecule has 12 heteroatoms. The van der Waals surface area contributed by atoms with Crippen LogP contribution >= 0.6 is 11.6 Å². The number of hydrogen-bond acceptors (Lipinski definition) is 4. The summed E-state index contributed by atoms with van der Waals surface area (Å²) in [7, 11) is -4.53. The fourth-order valence-corrected chi connectivity index (χ4v) is 5.80. The molecule has 0 saturated heterocycles. The molecule has 0 aliphatic heterocycles. The van der Waals surface area contributed by atoms with Gasteiger partial charge in [-0.1, -0.05) is 61.0 Å². The van der Waals surface area contributed by atoms with E-state index in [0.717, 1.165) is 23.3 Å². The van der Waals surface area contributed by atoms with Crippen molar-refractivity contribution in [1.82, 2.24) is 10.2 Å². The summed E-state index contributed by atoms with van der Waals surface area (Å²) in [5.74, 6) is -1.23. The highest BCUT2D eigenvalue weighted by molar-refractivity contribution is 7.92. The van der Waals surface area contributed by atoms with Crippen molar-refractivity contribution >= 4 is 39.1 Å². The average Bonchev–Trinajstić information content (AvgIpc) is 2.95. The van der Waals surface area contributed by atoms with Crippen molar-refractivity contribution in [1.29, 1.82) is 0 Å². The van der Waals surface area contributed by atoms with Crippen LogP contribution in [0.15, 0.2) is 77.7 Å². The Morgan fingerprint density at radius 1 is 0.976 bits per heavy atom. The van der Waals surface area contributed by atoms with Gasteiger partial charge in [-0.25, -0.2) is 8.42 Å². The van der Waals surface area contributed by atoms with Crippen LogP contribution in [0.25, 0.3) is 0 Å². The minimum absolute atomic E-state index is 0.0335. The monoisotopic (exact) mass is 623 g/mol. The van der Waals surface area contributed by atoms with Crippen LogP contribution in [0.4, 0.5) is 18.9 Å². The van der Waals surface area contributed by atoms with E-state index in [-0.39, 0.29) is 17.5 Å². The van der Waals surface area contributed by atoms with Gasteiger partial charge < -0.3 is 10.2 Å². The fraction of sp³-hybridized carbons (Fsp3) is 0.333. The third-order valence-electron chi connectivity index (χ3n) is 6.92. The van der Waals surface area contributed by atoms with Crippen molar-refractivity contribution in [2.45, 2.75) is 63.8 Å². The van der Waals surface area contributed by atoms with Crippen LogP contribution in [0, 0.1) is 6.92 Å². The molecule has 2 atom stereocenters. The summed E-state index contributed by atoms with van der Waals surface area (Å²) in [6.45, 7) is 6.15. The molecule has 226 valence electrons. The van der Waals surface area contributed by atoms with Crippen LogP contribution in [-0.2, 0) is 32.3 Å². The molecular weight excluding hydrogens is 591 g/mol. The minimum atomic E-state index is -4.88. The molecule has 0 aliphatic carbocycles. The van der Waals surface area contributed by atoms with Crippen molar-refractivity contribution in [2.24, 2.45) is 0 Å². The molecular formula is C30H33ClF3N3O4S. The summed E-state index contributed by atoms with van der Waals surface area (Å²) in [5, 5.41) is 2.21. The summed E-state index contributed by atoms with van der Waals surface area (Å²) >= 11 is 5.80. The first kappa shape index (κ1) is 32.9. The van der Waals surface area contributed by atoms with Gasteiger partial charge in [-0.05, 0) is 68.7 Å². The van der Waals surface area contributed by atoms with Gasteiger partial charge in [0.1, 0.15) is 12.6 Å². The maximum absolute atomic E-state index is 14.0. The lowest BCUT2D eigenvalue weighted by Crippen LogP contribution is -2.52. The number of sulfonamides is 1. The van der Waals surface area contributed by atoms with Crippen LogP contribution in [0.5, 0.6) is 0 Å². The van der Waals surface area contributed by atoms with E-state index >= 15 is 0 Å². The zero-order valence-corrected chi connectivity index (χ0v) is 25.2. The summed E-state index contributed by atoms with van der Waals surface area (Å²) in [6.07, 6.45) is -4.23. The number of nitrogens with zero attached hydrogens (tertiary/aromatic N) is 2. The standard InChI is InChI=1S/C30H33ClF3N3O4S/c1-5-21(3)35-29(39)22(4)36(18-23-12-10-9-11-20(23)2)28(38)19-37(42(40,41)25-13-7-6-8-14-25)24-15-16-27(31)26(17-24)30(32,33)34/h6-17,21-22H,5,18-19H2,1-4H3,(H,35,39). The molecule has 0 fully saturated rings. The number of carbonyl (C=O) groups is 2. The molecule has 0 radical (unpaired) electrons. The Bertz CT molecular complexity index is 1520. The van der Waals surface area contributed by atoms with Gasteiger partial charge >= 0.3 is 6.18 Å². The van der Waals surface area contributed by atoms with Crippen LogP contribution in [-0.4, -0.2) is 43.8 Å². The summed E-state index contributed by atoms with van der Waals surface area (Å²) in [6, 6.07) is 15.7. The van der Waals surface area contributed by atoms with Gasteiger partial charge in [-0.15, -0.1) is 0 Å². The van der Waals surface area contributed by atoms with Crippen LogP contribution in [0.2, 0.25) is 5.02 Å². The van der Waals surface area contributed by atoms with Crippen LogP contribution in [0.1, 0.15) is 43.9 Å². The maximum Gasteiger partial charge on any atom is 0.417 e. The number of benzene rings is 3. The average molecular weight is 624 g/mol. The Kier molecular flexibility index (Phi) is 10.7. The largest absolute Gasteiger partial charge is 0.417 e. The molecule has 0 heterocycles. The first-order chi connectivity index (χ1) is 19.7. The Hall–Kier alpha value is -3.57. The predicted molar refractivity (Wildman–Crippen MR) is 157 cm³/mol. The highest BCUT2D eigenvalue weighted by Crippen LogP contribution is 2.38. The second-order valence-electron chi connectivity index (χ2n) is 9.93. The van der Waals surface area contributed by atoms with Gasteiger partial charge in [0.2, 0.25) is 11.8 Å². The van der Waals surface area contributed by atoms with Crippen molar-refractivity contribution in [2.75, 3.05) is 10.8 Å². The van der Waals surface area contributed by atoms with E-state index < -0.39 is 56.9 Å². The molecule has 2 amide bonds. The first-order valence-corrected chi connectivity index (χ1v) is 15.1. The lowest BCUT2D eigenvalue weighted by atomic mass is 10.1. The van der Waals surface area contributed by atoms with Gasteiger partial charge in [0.15, 0.2) is 0 Å². The number of hydrogen-bond donors (Lipinski definition) is 1. The van der Waals surface area contributed by atoms with Crippen molar-refractivity contribution in [3.05, 3.63) is 94.5 Å². The molecule has 1 N–H and O–H groups in total. The topological polar surface area (TPSA) is 86.8 Å². The SMILES string of the molecule is CCC(C)NC(=O)C(C)N(Cc1ccccc1C)C(=O)CN(c1ccc(Cl)c(C(F)(F)F)c1)S(=O)(=O)c1ccccc1.